The molecular formula is C21H22N2O3S. The van der Waals surface area contributed by atoms with E-state index in [0.29, 0.717) is 5.56 Å². The van der Waals surface area contributed by atoms with Gasteiger partial charge in [-0.05, 0) is 47.5 Å². The van der Waals surface area contributed by atoms with Crippen molar-refractivity contribution in [2.24, 2.45) is 0 Å². The summed E-state index contributed by atoms with van der Waals surface area (Å²) in [4.78, 5) is 12.7. The third-order valence-corrected chi connectivity index (χ3v) is 6.31. The minimum atomic E-state index is -3.58. The molecule has 140 valence electrons. The highest BCUT2D eigenvalue weighted by Gasteiger charge is 2.19. The van der Waals surface area contributed by atoms with Crippen molar-refractivity contribution in [2.45, 2.75) is 17.9 Å². The van der Waals surface area contributed by atoms with Crippen LogP contribution >= 0.6 is 0 Å². The van der Waals surface area contributed by atoms with Gasteiger partial charge >= 0.3 is 0 Å². The SMILES string of the molecule is C[C@@H](NC(=O)c1cccc(S(=O)(=O)N(C)C)c1)c1ccc2ccccc2c1. The van der Waals surface area contributed by atoms with Gasteiger partial charge in [-0.1, -0.05) is 42.5 Å². The van der Waals surface area contributed by atoms with Gasteiger partial charge in [-0.2, -0.15) is 0 Å². The first kappa shape index (κ1) is 19.1. The summed E-state index contributed by atoms with van der Waals surface area (Å²) >= 11 is 0. The molecule has 0 bridgehead atoms. The number of nitrogens with zero attached hydrogens (tertiary/aromatic N) is 1. The third kappa shape index (κ3) is 4.02. The molecule has 0 aliphatic heterocycles. The number of hydrogen-bond donors (Lipinski definition) is 1. The number of hydrogen-bond acceptors (Lipinski definition) is 3. The highest BCUT2D eigenvalue weighted by Crippen LogP contribution is 2.21. The second-order valence-corrected chi connectivity index (χ2v) is 8.77. The van der Waals surface area contributed by atoms with Crippen LogP contribution in [0.1, 0.15) is 28.9 Å². The van der Waals surface area contributed by atoms with E-state index in [2.05, 4.69) is 5.32 Å². The van der Waals surface area contributed by atoms with Crippen LogP contribution in [0.3, 0.4) is 0 Å². The molecule has 0 saturated heterocycles. The average molecular weight is 382 g/mol. The van der Waals surface area contributed by atoms with Crippen molar-refractivity contribution in [3.8, 4) is 0 Å². The summed E-state index contributed by atoms with van der Waals surface area (Å²) in [5.74, 6) is -0.313. The lowest BCUT2D eigenvalue weighted by Gasteiger charge is -2.16. The molecule has 5 nitrogen and oxygen atoms in total. The molecule has 0 spiro atoms. The van der Waals surface area contributed by atoms with Crippen molar-refractivity contribution in [3.63, 3.8) is 0 Å². The van der Waals surface area contributed by atoms with Crippen LogP contribution in [0.5, 0.6) is 0 Å². The van der Waals surface area contributed by atoms with Crippen LogP contribution in [0.15, 0.2) is 71.6 Å². The van der Waals surface area contributed by atoms with Gasteiger partial charge in [0.1, 0.15) is 0 Å². The van der Waals surface area contributed by atoms with Crippen LogP contribution < -0.4 is 5.32 Å². The van der Waals surface area contributed by atoms with Gasteiger partial charge in [-0.15, -0.1) is 0 Å². The summed E-state index contributed by atoms with van der Waals surface area (Å²) < 4.78 is 25.7. The van der Waals surface area contributed by atoms with E-state index in [1.165, 1.54) is 26.2 Å². The molecule has 0 unspecified atom stereocenters. The van der Waals surface area contributed by atoms with E-state index in [-0.39, 0.29) is 16.8 Å². The molecule has 3 aromatic rings. The fourth-order valence-corrected chi connectivity index (χ4v) is 3.80. The molecule has 3 rings (SSSR count). The Labute approximate surface area is 159 Å². The van der Waals surface area contributed by atoms with Crippen LogP contribution in [0.25, 0.3) is 10.8 Å². The molecule has 1 N–H and O–H groups in total. The van der Waals surface area contributed by atoms with E-state index in [0.717, 1.165) is 20.6 Å². The van der Waals surface area contributed by atoms with Crippen LogP contribution in [-0.2, 0) is 10.0 Å². The predicted octanol–water partition coefficient (Wildman–Crippen LogP) is 3.58. The monoisotopic (exact) mass is 382 g/mol. The number of fused-ring (bicyclic) bond motifs is 1. The highest BCUT2D eigenvalue weighted by molar-refractivity contribution is 7.89. The second kappa shape index (κ2) is 7.50. The van der Waals surface area contributed by atoms with Crippen molar-refractivity contribution in [1.82, 2.24) is 9.62 Å². The molecule has 1 atom stereocenters. The number of benzene rings is 3. The molecule has 3 aromatic carbocycles. The molecule has 0 aromatic heterocycles. The number of amides is 1. The van der Waals surface area contributed by atoms with Crippen LogP contribution in [0, 0.1) is 0 Å². The van der Waals surface area contributed by atoms with Gasteiger partial charge in [0.05, 0.1) is 10.9 Å². The standard InChI is InChI=1S/C21H22N2O3S/c1-15(17-12-11-16-7-4-5-8-18(16)13-17)22-21(24)19-9-6-10-20(14-19)27(25,26)23(2)3/h4-15H,1-3H3,(H,22,24)/t15-/m1/s1. The smallest absolute Gasteiger partial charge is 0.251 e. The minimum absolute atomic E-state index is 0.0958. The van der Waals surface area contributed by atoms with Gasteiger partial charge in [0.2, 0.25) is 10.0 Å². The first-order chi connectivity index (χ1) is 12.8. The molecule has 1 amide bonds. The molecule has 0 radical (unpaired) electrons. The number of rotatable bonds is 5. The normalized spacial score (nSPS) is 12.9. The Hall–Kier alpha value is -2.70. The summed E-state index contributed by atoms with van der Waals surface area (Å²) in [7, 11) is -0.660. The fourth-order valence-electron chi connectivity index (χ4n) is 2.85. The fraction of sp³-hybridized carbons (Fsp3) is 0.190. The Bertz CT molecular complexity index is 1090. The Morgan fingerprint density at radius 3 is 2.33 bits per heavy atom. The van der Waals surface area contributed by atoms with E-state index >= 15 is 0 Å². The minimum Gasteiger partial charge on any atom is -0.346 e. The van der Waals surface area contributed by atoms with E-state index in [4.69, 9.17) is 0 Å². The lowest BCUT2D eigenvalue weighted by atomic mass is 10.0. The summed E-state index contributed by atoms with van der Waals surface area (Å²) in [6, 6.07) is 20.0. The maximum Gasteiger partial charge on any atom is 0.251 e. The largest absolute Gasteiger partial charge is 0.346 e. The van der Waals surface area contributed by atoms with E-state index in [1.54, 1.807) is 12.1 Å². The first-order valence-corrected chi connectivity index (χ1v) is 10.1. The van der Waals surface area contributed by atoms with E-state index in [1.807, 2.05) is 49.4 Å². The Morgan fingerprint density at radius 1 is 0.926 bits per heavy atom. The molecule has 27 heavy (non-hydrogen) atoms. The summed E-state index contributed by atoms with van der Waals surface area (Å²) in [6.45, 7) is 1.91. The van der Waals surface area contributed by atoms with Gasteiger partial charge in [0.25, 0.3) is 5.91 Å². The number of sulfonamides is 1. The van der Waals surface area contributed by atoms with E-state index in [9.17, 15) is 13.2 Å². The predicted molar refractivity (Wildman–Crippen MR) is 107 cm³/mol. The average Bonchev–Trinajstić information content (AvgIpc) is 2.67. The maximum absolute atomic E-state index is 12.6. The molecule has 0 fully saturated rings. The zero-order valence-corrected chi connectivity index (χ0v) is 16.3. The van der Waals surface area contributed by atoms with Gasteiger partial charge in [0, 0.05) is 19.7 Å². The Kier molecular flexibility index (Phi) is 5.30. The lowest BCUT2D eigenvalue weighted by Crippen LogP contribution is -2.27. The molecule has 0 saturated carbocycles. The number of carbonyl (C=O) groups is 1. The molecule has 0 aliphatic rings. The van der Waals surface area contributed by atoms with Gasteiger partial charge in [-0.25, -0.2) is 12.7 Å². The van der Waals surface area contributed by atoms with Crippen molar-refractivity contribution in [3.05, 3.63) is 77.9 Å². The van der Waals surface area contributed by atoms with Gasteiger partial charge < -0.3 is 5.32 Å². The second-order valence-electron chi connectivity index (χ2n) is 6.62. The summed E-state index contributed by atoms with van der Waals surface area (Å²) in [6.07, 6.45) is 0. The van der Waals surface area contributed by atoms with E-state index < -0.39 is 10.0 Å². The Balaban J connectivity index is 1.82. The number of carbonyl (C=O) groups excluding carboxylic acids is 1. The quantitative estimate of drug-likeness (QED) is 0.733. The molecular weight excluding hydrogens is 360 g/mol. The van der Waals surface area contributed by atoms with Crippen LogP contribution in [-0.4, -0.2) is 32.7 Å². The maximum atomic E-state index is 12.6. The molecule has 0 heterocycles. The highest BCUT2D eigenvalue weighted by atomic mass is 32.2. The Morgan fingerprint density at radius 2 is 1.63 bits per heavy atom. The van der Waals surface area contributed by atoms with Crippen molar-refractivity contribution >= 4 is 26.7 Å². The van der Waals surface area contributed by atoms with Gasteiger partial charge in [0.15, 0.2) is 0 Å². The van der Waals surface area contributed by atoms with Crippen molar-refractivity contribution in [2.75, 3.05) is 14.1 Å². The van der Waals surface area contributed by atoms with Gasteiger partial charge in [-0.3, -0.25) is 4.79 Å². The third-order valence-electron chi connectivity index (χ3n) is 4.50. The molecule has 6 heteroatoms. The van der Waals surface area contributed by atoms with Crippen LogP contribution in [0.2, 0.25) is 0 Å². The van der Waals surface area contributed by atoms with Crippen molar-refractivity contribution < 1.29 is 13.2 Å². The zero-order valence-electron chi connectivity index (χ0n) is 15.5. The topological polar surface area (TPSA) is 66.5 Å². The molecule has 0 aliphatic carbocycles. The number of nitrogens with one attached hydrogen (secondary N) is 1. The van der Waals surface area contributed by atoms with Crippen molar-refractivity contribution in [1.29, 1.82) is 0 Å². The van der Waals surface area contributed by atoms with Crippen LogP contribution in [0.4, 0.5) is 0 Å². The lowest BCUT2D eigenvalue weighted by molar-refractivity contribution is 0.0939. The summed E-state index contributed by atoms with van der Waals surface area (Å²) in [5.41, 5.74) is 1.30. The first-order valence-electron chi connectivity index (χ1n) is 8.61. The zero-order chi connectivity index (χ0) is 19.6. The summed E-state index contributed by atoms with van der Waals surface area (Å²) in [5, 5.41) is 5.18.